The third kappa shape index (κ3) is 1.28. The molecule has 0 aromatic carbocycles. The average molecular weight is 156 g/mol. The summed E-state index contributed by atoms with van der Waals surface area (Å²) in [6, 6.07) is 0. The summed E-state index contributed by atoms with van der Waals surface area (Å²) in [6.45, 7) is 4.10. The first-order valence-corrected chi connectivity index (χ1v) is 4.34. The predicted octanol–water partition coefficient (Wildman–Crippen LogP) is -0.872. The van der Waals surface area contributed by atoms with Crippen LogP contribution in [0.5, 0.6) is 0 Å². The van der Waals surface area contributed by atoms with Gasteiger partial charge in [-0.3, -0.25) is 0 Å². The summed E-state index contributed by atoms with van der Waals surface area (Å²) < 4.78 is 0. The number of hydrogen-bond acceptors (Lipinski definition) is 3. The molecular weight excluding hydrogens is 140 g/mol. The Morgan fingerprint density at radius 1 is 1.36 bits per heavy atom. The topological polar surface area (TPSA) is 35.5 Å². The van der Waals surface area contributed by atoms with Crippen LogP contribution < -0.4 is 5.32 Å². The maximum Gasteiger partial charge on any atom is 0.0710 e. The van der Waals surface area contributed by atoms with E-state index < -0.39 is 0 Å². The summed E-state index contributed by atoms with van der Waals surface area (Å²) in [5, 5.41) is 13.0. The van der Waals surface area contributed by atoms with Gasteiger partial charge < -0.3 is 15.3 Å². The maximum absolute atomic E-state index is 9.67. The summed E-state index contributed by atoms with van der Waals surface area (Å²) in [7, 11) is 2.08. The Morgan fingerprint density at radius 2 is 2.18 bits per heavy atom. The number of aliphatic hydroxyl groups is 1. The van der Waals surface area contributed by atoms with Crippen LogP contribution in [0.3, 0.4) is 0 Å². The highest BCUT2D eigenvalue weighted by molar-refractivity contribution is 4.91. The largest absolute Gasteiger partial charge is 0.391 e. The molecule has 64 valence electrons. The molecule has 0 aliphatic carbocycles. The van der Waals surface area contributed by atoms with E-state index in [0.717, 1.165) is 26.2 Å². The highest BCUT2D eigenvalue weighted by Crippen LogP contribution is 2.25. The van der Waals surface area contributed by atoms with Crippen molar-refractivity contribution in [1.82, 2.24) is 10.2 Å². The van der Waals surface area contributed by atoms with Crippen molar-refractivity contribution in [1.29, 1.82) is 0 Å². The molecule has 0 saturated carbocycles. The summed E-state index contributed by atoms with van der Waals surface area (Å²) in [5.41, 5.74) is 0. The second kappa shape index (κ2) is 2.73. The molecule has 2 fully saturated rings. The van der Waals surface area contributed by atoms with E-state index in [2.05, 4.69) is 17.3 Å². The van der Waals surface area contributed by atoms with E-state index in [4.69, 9.17) is 0 Å². The smallest absolute Gasteiger partial charge is 0.0710 e. The number of likely N-dealkylation sites (N-methyl/N-ethyl adjacent to an activating group) is 1. The number of piperidine rings is 1. The molecule has 2 aliphatic rings. The van der Waals surface area contributed by atoms with E-state index in [1.807, 2.05) is 0 Å². The Morgan fingerprint density at radius 3 is 3.00 bits per heavy atom. The van der Waals surface area contributed by atoms with Crippen LogP contribution in [-0.4, -0.2) is 49.3 Å². The van der Waals surface area contributed by atoms with E-state index in [1.165, 1.54) is 0 Å². The number of nitrogens with one attached hydrogen (secondary N) is 1. The summed E-state index contributed by atoms with van der Waals surface area (Å²) in [5.74, 6) is 1.20. The fourth-order valence-corrected chi connectivity index (χ4v) is 2.33. The van der Waals surface area contributed by atoms with Gasteiger partial charge in [-0.05, 0) is 19.5 Å². The second-order valence-corrected chi connectivity index (χ2v) is 3.87. The van der Waals surface area contributed by atoms with Crippen LogP contribution in [0.15, 0.2) is 0 Å². The quantitative estimate of drug-likeness (QED) is 0.478. The number of likely N-dealkylation sites (tertiary alicyclic amines) is 1. The first kappa shape index (κ1) is 7.53. The maximum atomic E-state index is 9.67. The zero-order chi connectivity index (χ0) is 7.84. The standard InChI is InChI=1S/C8H16N2O/c1-10-4-6-2-9-3-7(6)8(11)5-10/h6-9,11H,2-5H2,1H3. The summed E-state index contributed by atoms with van der Waals surface area (Å²) in [6.07, 6.45) is -0.103. The minimum Gasteiger partial charge on any atom is -0.391 e. The number of fused-ring (bicyclic) bond motifs is 1. The molecule has 2 heterocycles. The fourth-order valence-electron chi connectivity index (χ4n) is 2.33. The summed E-state index contributed by atoms with van der Waals surface area (Å²) >= 11 is 0. The van der Waals surface area contributed by atoms with E-state index in [-0.39, 0.29) is 6.10 Å². The van der Waals surface area contributed by atoms with Crippen molar-refractivity contribution < 1.29 is 5.11 Å². The molecule has 3 nitrogen and oxygen atoms in total. The van der Waals surface area contributed by atoms with E-state index in [9.17, 15) is 5.11 Å². The van der Waals surface area contributed by atoms with Crippen LogP contribution >= 0.6 is 0 Å². The normalized spacial score (nSPS) is 45.8. The zero-order valence-corrected chi connectivity index (χ0v) is 6.95. The average Bonchev–Trinajstić information content (AvgIpc) is 2.34. The molecule has 3 atom stereocenters. The lowest BCUT2D eigenvalue weighted by Crippen LogP contribution is -2.47. The molecule has 2 aliphatic heterocycles. The molecule has 3 unspecified atom stereocenters. The van der Waals surface area contributed by atoms with Crippen LogP contribution in [0.4, 0.5) is 0 Å². The van der Waals surface area contributed by atoms with E-state index in [0.29, 0.717) is 11.8 Å². The van der Waals surface area contributed by atoms with Gasteiger partial charge in [0.25, 0.3) is 0 Å². The monoisotopic (exact) mass is 156 g/mol. The third-order valence-electron chi connectivity index (χ3n) is 2.93. The molecule has 0 amide bonds. The highest BCUT2D eigenvalue weighted by Gasteiger charge is 2.37. The molecule has 0 aromatic rings. The van der Waals surface area contributed by atoms with Crippen molar-refractivity contribution >= 4 is 0 Å². The molecule has 0 radical (unpaired) electrons. The molecule has 0 aromatic heterocycles. The SMILES string of the molecule is CN1CC(O)C2CNCC2C1. The third-order valence-corrected chi connectivity index (χ3v) is 2.93. The molecule has 2 saturated heterocycles. The van der Waals surface area contributed by atoms with Crippen LogP contribution in [0.25, 0.3) is 0 Å². The molecule has 0 spiro atoms. The molecule has 0 bridgehead atoms. The van der Waals surface area contributed by atoms with Gasteiger partial charge in [0.05, 0.1) is 6.10 Å². The Balaban J connectivity index is 2.04. The molecule has 3 heteroatoms. The number of nitrogens with zero attached hydrogens (tertiary/aromatic N) is 1. The van der Waals surface area contributed by atoms with Crippen molar-refractivity contribution in [2.75, 3.05) is 33.2 Å². The Bertz CT molecular complexity index is 151. The van der Waals surface area contributed by atoms with Crippen molar-refractivity contribution in [3.63, 3.8) is 0 Å². The molecule has 11 heavy (non-hydrogen) atoms. The van der Waals surface area contributed by atoms with Crippen molar-refractivity contribution in [2.45, 2.75) is 6.10 Å². The van der Waals surface area contributed by atoms with Gasteiger partial charge in [-0.15, -0.1) is 0 Å². The molecular formula is C8H16N2O. The van der Waals surface area contributed by atoms with Crippen LogP contribution in [0.1, 0.15) is 0 Å². The summed E-state index contributed by atoms with van der Waals surface area (Å²) in [4.78, 5) is 2.22. The minimum atomic E-state index is -0.103. The van der Waals surface area contributed by atoms with Gasteiger partial charge in [0.2, 0.25) is 0 Å². The Kier molecular flexibility index (Phi) is 1.87. The van der Waals surface area contributed by atoms with Crippen LogP contribution in [0.2, 0.25) is 0 Å². The molecule has 2 rings (SSSR count). The van der Waals surface area contributed by atoms with Gasteiger partial charge in [0, 0.05) is 25.6 Å². The van der Waals surface area contributed by atoms with Crippen molar-refractivity contribution in [3.8, 4) is 0 Å². The lowest BCUT2D eigenvalue weighted by Gasteiger charge is -2.35. The van der Waals surface area contributed by atoms with Gasteiger partial charge in [-0.2, -0.15) is 0 Å². The minimum absolute atomic E-state index is 0.103. The molecule has 2 N–H and O–H groups in total. The van der Waals surface area contributed by atoms with E-state index >= 15 is 0 Å². The lowest BCUT2D eigenvalue weighted by atomic mass is 9.87. The van der Waals surface area contributed by atoms with E-state index in [1.54, 1.807) is 0 Å². The van der Waals surface area contributed by atoms with Gasteiger partial charge >= 0.3 is 0 Å². The predicted molar refractivity (Wildman–Crippen MR) is 43.4 cm³/mol. The second-order valence-electron chi connectivity index (χ2n) is 3.87. The fraction of sp³-hybridized carbons (Fsp3) is 1.00. The first-order valence-electron chi connectivity index (χ1n) is 4.34. The number of β-amino-alcohol motifs (C(OH)–C–C–N with tert-alkyl or cyclic N) is 1. The van der Waals surface area contributed by atoms with Crippen molar-refractivity contribution in [3.05, 3.63) is 0 Å². The Labute approximate surface area is 67.4 Å². The van der Waals surface area contributed by atoms with Crippen molar-refractivity contribution in [2.24, 2.45) is 11.8 Å². The van der Waals surface area contributed by atoms with Gasteiger partial charge in [-0.25, -0.2) is 0 Å². The van der Waals surface area contributed by atoms with Crippen LogP contribution in [0, 0.1) is 11.8 Å². The van der Waals surface area contributed by atoms with Gasteiger partial charge in [0.1, 0.15) is 0 Å². The zero-order valence-electron chi connectivity index (χ0n) is 6.95. The van der Waals surface area contributed by atoms with Crippen LogP contribution in [-0.2, 0) is 0 Å². The Hall–Kier alpha value is -0.120. The number of aliphatic hydroxyl groups excluding tert-OH is 1. The lowest BCUT2D eigenvalue weighted by molar-refractivity contribution is 0.0162. The van der Waals surface area contributed by atoms with Gasteiger partial charge in [0.15, 0.2) is 0 Å². The first-order chi connectivity index (χ1) is 5.27. The highest BCUT2D eigenvalue weighted by atomic mass is 16.3. The van der Waals surface area contributed by atoms with Gasteiger partial charge in [-0.1, -0.05) is 0 Å². The number of hydrogen-bond donors (Lipinski definition) is 2. The number of rotatable bonds is 0.